The summed E-state index contributed by atoms with van der Waals surface area (Å²) in [5, 5.41) is -0.158. The number of nitrogens with zero attached hydrogens (tertiary/aromatic N) is 1. The zero-order chi connectivity index (χ0) is 17.7. The molecule has 2 aliphatic heterocycles. The molecule has 0 aliphatic carbocycles. The van der Waals surface area contributed by atoms with Gasteiger partial charge in [0.05, 0.1) is 0 Å². The molecule has 1 aromatic carbocycles. The maximum absolute atomic E-state index is 12.7. The number of carbonyl (C=O) groups excluding carboxylic acids is 2. The summed E-state index contributed by atoms with van der Waals surface area (Å²) in [4.78, 5) is 27.0. The smallest absolute Gasteiger partial charge is 0.330 e. The highest BCUT2D eigenvalue weighted by molar-refractivity contribution is 9.10. The Bertz CT molecular complexity index is 667. The van der Waals surface area contributed by atoms with Crippen molar-refractivity contribution in [2.75, 3.05) is 0 Å². The lowest BCUT2D eigenvalue weighted by Gasteiger charge is -2.51. The molecule has 2 fully saturated rings. The number of hydrogen-bond donors (Lipinski definition) is 1. The van der Waals surface area contributed by atoms with Crippen molar-refractivity contribution in [2.45, 2.75) is 53.9 Å². The number of benzene rings is 1. The molecule has 4 atom stereocenters. The summed E-state index contributed by atoms with van der Waals surface area (Å²) in [6, 6.07) is 8.57. The van der Waals surface area contributed by atoms with Crippen LogP contribution in [0, 0.1) is 0 Å². The van der Waals surface area contributed by atoms with Crippen LogP contribution in [0.5, 0.6) is 0 Å². The number of hydrogen-bond acceptors (Lipinski definition) is 5. The Kier molecular flexibility index (Phi) is 4.47. The zero-order valence-electron chi connectivity index (χ0n) is 13.9. The van der Waals surface area contributed by atoms with Crippen molar-refractivity contribution < 1.29 is 14.3 Å². The second-order valence-electron chi connectivity index (χ2n) is 6.84. The number of β-lactam (4-membered cyclic amide) rings is 1. The maximum atomic E-state index is 12.7. The van der Waals surface area contributed by atoms with Crippen molar-refractivity contribution in [1.82, 2.24) is 4.90 Å². The van der Waals surface area contributed by atoms with E-state index in [1.54, 1.807) is 23.6 Å². The molecule has 0 aromatic heterocycles. The molecule has 2 saturated heterocycles. The fourth-order valence-corrected chi connectivity index (χ4v) is 5.69. The van der Waals surface area contributed by atoms with Crippen LogP contribution in [0.3, 0.4) is 0 Å². The second-order valence-corrected chi connectivity index (χ2v) is 9.89. The number of rotatable bonds is 4. The van der Waals surface area contributed by atoms with E-state index in [2.05, 4.69) is 15.9 Å². The standard InChI is InChI=1S/C17H21BrN2O3S/c1-10(19)17(18)14(22)20-12(16(2,3)24-15(17)20)13(21)23-9-11-7-5-4-6-8-11/h4-8,10,12,15H,9,19H2,1-3H3/t10-,12-,15+,17+/m0/s1. The van der Waals surface area contributed by atoms with Gasteiger partial charge in [-0.25, -0.2) is 4.79 Å². The van der Waals surface area contributed by atoms with Gasteiger partial charge in [-0.3, -0.25) is 4.79 Å². The molecule has 2 aliphatic rings. The van der Waals surface area contributed by atoms with Gasteiger partial charge in [-0.2, -0.15) is 0 Å². The van der Waals surface area contributed by atoms with Gasteiger partial charge in [0.15, 0.2) is 0 Å². The number of thioether (sulfide) groups is 1. The van der Waals surface area contributed by atoms with E-state index in [-0.39, 0.29) is 29.9 Å². The average Bonchev–Trinajstić information content (AvgIpc) is 2.82. The molecule has 3 rings (SSSR count). The summed E-state index contributed by atoms with van der Waals surface area (Å²) in [7, 11) is 0. The molecule has 5 nitrogen and oxygen atoms in total. The van der Waals surface area contributed by atoms with Crippen molar-refractivity contribution in [3.05, 3.63) is 35.9 Å². The third-order valence-corrected chi connectivity index (χ3v) is 8.09. The molecule has 1 amide bonds. The van der Waals surface area contributed by atoms with Gasteiger partial charge in [0.2, 0.25) is 5.91 Å². The van der Waals surface area contributed by atoms with E-state index in [9.17, 15) is 9.59 Å². The normalized spacial score (nSPS) is 32.0. The van der Waals surface area contributed by atoms with Gasteiger partial charge in [-0.1, -0.05) is 46.3 Å². The van der Waals surface area contributed by atoms with Gasteiger partial charge < -0.3 is 15.4 Å². The Hall–Kier alpha value is -1.05. The van der Waals surface area contributed by atoms with Crippen LogP contribution in [0.2, 0.25) is 0 Å². The summed E-state index contributed by atoms with van der Waals surface area (Å²) >= 11 is 5.11. The van der Waals surface area contributed by atoms with Crippen molar-refractivity contribution in [3.8, 4) is 0 Å². The van der Waals surface area contributed by atoms with Crippen LogP contribution >= 0.6 is 27.7 Å². The van der Waals surface area contributed by atoms with E-state index in [1.165, 1.54) is 0 Å². The molecule has 0 spiro atoms. The average molecular weight is 413 g/mol. The molecule has 2 N–H and O–H groups in total. The first-order valence-corrected chi connectivity index (χ1v) is 9.52. The van der Waals surface area contributed by atoms with Crippen molar-refractivity contribution >= 4 is 39.6 Å². The first-order valence-electron chi connectivity index (χ1n) is 7.85. The molecule has 2 heterocycles. The van der Waals surface area contributed by atoms with Crippen LogP contribution < -0.4 is 5.73 Å². The molecule has 130 valence electrons. The van der Waals surface area contributed by atoms with Crippen LogP contribution in [-0.2, 0) is 20.9 Å². The van der Waals surface area contributed by atoms with E-state index in [4.69, 9.17) is 10.5 Å². The number of amides is 1. The minimum absolute atomic E-state index is 0.137. The highest BCUT2D eigenvalue weighted by Crippen LogP contribution is 2.58. The molecular weight excluding hydrogens is 392 g/mol. The minimum Gasteiger partial charge on any atom is -0.459 e. The van der Waals surface area contributed by atoms with E-state index in [0.717, 1.165) is 5.56 Å². The number of halogens is 1. The van der Waals surface area contributed by atoms with Crippen LogP contribution in [0.4, 0.5) is 0 Å². The lowest BCUT2D eigenvalue weighted by Crippen LogP contribution is -2.75. The first-order chi connectivity index (χ1) is 11.2. The quantitative estimate of drug-likeness (QED) is 0.466. The number of fused-ring (bicyclic) bond motifs is 1. The summed E-state index contributed by atoms with van der Waals surface area (Å²) < 4.78 is 4.25. The molecule has 1 aromatic rings. The summed E-state index contributed by atoms with van der Waals surface area (Å²) in [5.74, 6) is -0.506. The summed E-state index contributed by atoms with van der Waals surface area (Å²) in [6.45, 7) is 5.94. The van der Waals surface area contributed by atoms with E-state index < -0.39 is 15.1 Å². The Morgan fingerprint density at radius 3 is 2.62 bits per heavy atom. The molecule has 0 radical (unpaired) electrons. The lowest BCUT2D eigenvalue weighted by molar-refractivity contribution is -0.165. The van der Waals surface area contributed by atoms with Crippen molar-refractivity contribution in [2.24, 2.45) is 5.73 Å². The van der Waals surface area contributed by atoms with Gasteiger partial charge in [0, 0.05) is 10.8 Å². The maximum Gasteiger partial charge on any atom is 0.330 e. The molecule has 0 bridgehead atoms. The van der Waals surface area contributed by atoms with Crippen molar-refractivity contribution in [1.29, 1.82) is 0 Å². The fraction of sp³-hybridized carbons (Fsp3) is 0.529. The molecule has 7 heteroatoms. The number of ether oxygens (including phenoxy) is 1. The van der Waals surface area contributed by atoms with Crippen molar-refractivity contribution in [3.63, 3.8) is 0 Å². The van der Waals surface area contributed by atoms with Crippen LogP contribution in [-0.4, -0.2) is 43.3 Å². The zero-order valence-corrected chi connectivity index (χ0v) is 16.3. The van der Waals surface area contributed by atoms with Crippen LogP contribution in [0.1, 0.15) is 26.3 Å². The van der Waals surface area contributed by atoms with Gasteiger partial charge in [0.1, 0.15) is 22.3 Å². The van der Waals surface area contributed by atoms with Crippen LogP contribution in [0.15, 0.2) is 30.3 Å². The molecule has 0 unspecified atom stereocenters. The predicted octanol–water partition coefficient (Wildman–Crippen LogP) is 2.27. The Morgan fingerprint density at radius 2 is 2.04 bits per heavy atom. The van der Waals surface area contributed by atoms with Gasteiger partial charge in [-0.05, 0) is 26.3 Å². The Balaban J connectivity index is 1.76. The molecular formula is C17H21BrN2O3S. The number of carbonyl (C=O) groups is 2. The SMILES string of the molecule is C[C@H](N)[C@@]1(Br)C(=O)N2[C@@H](C(=O)OCc3ccccc3)C(C)(C)S[C@@H]21. The number of nitrogens with two attached hydrogens (primary N) is 1. The van der Waals surface area contributed by atoms with Gasteiger partial charge in [-0.15, -0.1) is 11.8 Å². The Morgan fingerprint density at radius 1 is 1.42 bits per heavy atom. The monoisotopic (exact) mass is 412 g/mol. The minimum atomic E-state index is -0.802. The Labute approximate surface area is 154 Å². The fourth-order valence-electron chi connectivity index (χ4n) is 3.25. The van der Waals surface area contributed by atoms with E-state index in [0.29, 0.717) is 0 Å². The third kappa shape index (κ3) is 2.57. The van der Waals surface area contributed by atoms with Gasteiger partial charge >= 0.3 is 5.97 Å². The third-order valence-electron chi connectivity index (χ3n) is 4.64. The van der Waals surface area contributed by atoms with Gasteiger partial charge in [0.25, 0.3) is 0 Å². The second kappa shape index (κ2) is 6.04. The highest BCUT2D eigenvalue weighted by atomic mass is 79.9. The number of esters is 1. The molecule has 0 saturated carbocycles. The number of alkyl halides is 1. The largest absolute Gasteiger partial charge is 0.459 e. The summed E-state index contributed by atoms with van der Waals surface area (Å²) in [6.07, 6.45) is 0. The van der Waals surface area contributed by atoms with E-state index >= 15 is 0 Å². The first kappa shape index (κ1) is 17.8. The topological polar surface area (TPSA) is 72.6 Å². The van der Waals surface area contributed by atoms with Crippen LogP contribution in [0.25, 0.3) is 0 Å². The van der Waals surface area contributed by atoms with E-state index in [1.807, 2.05) is 44.2 Å². The lowest BCUT2D eigenvalue weighted by atomic mass is 9.87. The summed E-state index contributed by atoms with van der Waals surface area (Å²) in [5.41, 5.74) is 6.92. The predicted molar refractivity (Wildman–Crippen MR) is 97.6 cm³/mol. The highest BCUT2D eigenvalue weighted by Gasteiger charge is 2.71. The molecule has 24 heavy (non-hydrogen) atoms.